The molecule has 0 radical (unpaired) electrons. The molecule has 1 atom stereocenters. The maximum atomic E-state index is 5.87. The van der Waals surface area contributed by atoms with Gasteiger partial charge in [-0.1, -0.05) is 30.3 Å². The fourth-order valence-corrected chi connectivity index (χ4v) is 2.24. The molecule has 1 heterocycles. The van der Waals surface area contributed by atoms with E-state index in [1.807, 2.05) is 0 Å². The SMILES string of the molecule is ClCC1CN(Cc2ccccc2)CCCO1. The van der Waals surface area contributed by atoms with Crippen LogP contribution in [0.15, 0.2) is 30.3 Å². The van der Waals surface area contributed by atoms with Crippen LogP contribution in [0.25, 0.3) is 0 Å². The van der Waals surface area contributed by atoms with E-state index in [-0.39, 0.29) is 6.10 Å². The molecular weight excluding hydrogens is 222 g/mol. The first-order valence-corrected chi connectivity index (χ1v) is 6.36. The highest BCUT2D eigenvalue weighted by molar-refractivity contribution is 6.18. The van der Waals surface area contributed by atoms with E-state index < -0.39 is 0 Å². The summed E-state index contributed by atoms with van der Waals surface area (Å²) in [4.78, 5) is 2.43. The van der Waals surface area contributed by atoms with Gasteiger partial charge in [0.15, 0.2) is 0 Å². The molecule has 1 aliphatic rings. The third kappa shape index (κ3) is 3.48. The molecule has 0 aromatic heterocycles. The van der Waals surface area contributed by atoms with Crippen LogP contribution in [0.5, 0.6) is 0 Å². The quantitative estimate of drug-likeness (QED) is 0.752. The number of alkyl halides is 1. The van der Waals surface area contributed by atoms with Gasteiger partial charge in [0, 0.05) is 32.1 Å². The van der Waals surface area contributed by atoms with Gasteiger partial charge in [-0.05, 0) is 12.0 Å². The molecule has 0 spiro atoms. The molecule has 16 heavy (non-hydrogen) atoms. The van der Waals surface area contributed by atoms with Crippen LogP contribution >= 0.6 is 11.6 Å². The van der Waals surface area contributed by atoms with Gasteiger partial charge in [-0.15, -0.1) is 11.6 Å². The molecule has 1 unspecified atom stereocenters. The Morgan fingerprint density at radius 3 is 2.88 bits per heavy atom. The molecule has 2 nitrogen and oxygen atoms in total. The molecule has 0 N–H and O–H groups in total. The second kappa shape index (κ2) is 6.24. The zero-order chi connectivity index (χ0) is 11.2. The van der Waals surface area contributed by atoms with Gasteiger partial charge in [0.05, 0.1) is 6.10 Å². The smallest absolute Gasteiger partial charge is 0.0837 e. The van der Waals surface area contributed by atoms with Crippen LogP contribution in [0.2, 0.25) is 0 Å². The Hall–Kier alpha value is -0.570. The average Bonchev–Trinajstić information content (AvgIpc) is 2.55. The summed E-state index contributed by atoms with van der Waals surface area (Å²) in [6, 6.07) is 10.6. The van der Waals surface area contributed by atoms with Crippen LogP contribution in [0, 0.1) is 0 Å². The van der Waals surface area contributed by atoms with Crippen molar-refractivity contribution >= 4 is 11.6 Å². The number of hydrogen-bond donors (Lipinski definition) is 0. The highest BCUT2D eigenvalue weighted by Crippen LogP contribution is 2.11. The number of rotatable bonds is 3. The van der Waals surface area contributed by atoms with Crippen molar-refractivity contribution in [2.45, 2.75) is 19.1 Å². The molecule has 1 aromatic carbocycles. The van der Waals surface area contributed by atoms with Crippen molar-refractivity contribution in [1.29, 1.82) is 0 Å². The lowest BCUT2D eigenvalue weighted by molar-refractivity contribution is 0.0691. The van der Waals surface area contributed by atoms with E-state index in [9.17, 15) is 0 Å². The minimum Gasteiger partial charge on any atom is -0.376 e. The topological polar surface area (TPSA) is 12.5 Å². The summed E-state index contributed by atoms with van der Waals surface area (Å²) in [5, 5.41) is 0. The molecule has 1 aromatic rings. The first-order valence-electron chi connectivity index (χ1n) is 5.82. The molecule has 0 saturated carbocycles. The van der Waals surface area contributed by atoms with E-state index in [1.165, 1.54) is 5.56 Å². The third-order valence-corrected chi connectivity index (χ3v) is 3.20. The number of halogens is 1. The molecule has 88 valence electrons. The van der Waals surface area contributed by atoms with Crippen molar-refractivity contribution in [2.75, 3.05) is 25.6 Å². The predicted octanol–water partition coefficient (Wildman–Crippen LogP) is 2.52. The summed E-state index contributed by atoms with van der Waals surface area (Å²) in [5.74, 6) is 0.589. The molecule has 0 bridgehead atoms. The van der Waals surface area contributed by atoms with E-state index in [0.29, 0.717) is 5.88 Å². The molecule has 0 amide bonds. The predicted molar refractivity (Wildman–Crippen MR) is 66.8 cm³/mol. The van der Waals surface area contributed by atoms with Crippen molar-refractivity contribution < 1.29 is 4.74 Å². The Kier molecular flexibility index (Phi) is 4.64. The molecular formula is C13H18ClNO. The summed E-state index contributed by atoms with van der Waals surface area (Å²) in [6.07, 6.45) is 1.29. The van der Waals surface area contributed by atoms with Gasteiger partial charge >= 0.3 is 0 Å². The lowest BCUT2D eigenvalue weighted by atomic mass is 10.2. The summed E-state index contributed by atoms with van der Waals surface area (Å²) >= 11 is 5.87. The number of ether oxygens (including phenoxy) is 1. The Labute approximate surface area is 102 Å². The van der Waals surface area contributed by atoms with Gasteiger partial charge in [-0.2, -0.15) is 0 Å². The van der Waals surface area contributed by atoms with E-state index in [0.717, 1.165) is 32.7 Å². The van der Waals surface area contributed by atoms with Gasteiger partial charge < -0.3 is 4.74 Å². The largest absolute Gasteiger partial charge is 0.376 e. The lowest BCUT2D eigenvalue weighted by Crippen LogP contribution is -2.32. The van der Waals surface area contributed by atoms with E-state index >= 15 is 0 Å². The van der Waals surface area contributed by atoms with E-state index in [4.69, 9.17) is 16.3 Å². The minimum atomic E-state index is 0.188. The van der Waals surface area contributed by atoms with Crippen LogP contribution in [0.4, 0.5) is 0 Å². The maximum absolute atomic E-state index is 5.87. The maximum Gasteiger partial charge on any atom is 0.0837 e. The fourth-order valence-electron chi connectivity index (χ4n) is 2.05. The number of hydrogen-bond acceptors (Lipinski definition) is 2. The monoisotopic (exact) mass is 239 g/mol. The zero-order valence-electron chi connectivity index (χ0n) is 9.44. The zero-order valence-corrected chi connectivity index (χ0v) is 10.2. The number of benzene rings is 1. The van der Waals surface area contributed by atoms with Crippen LogP contribution in [0.3, 0.4) is 0 Å². The van der Waals surface area contributed by atoms with Crippen molar-refractivity contribution in [3.8, 4) is 0 Å². The van der Waals surface area contributed by atoms with Gasteiger partial charge in [0.1, 0.15) is 0 Å². The van der Waals surface area contributed by atoms with Crippen molar-refractivity contribution in [3.63, 3.8) is 0 Å². The fraction of sp³-hybridized carbons (Fsp3) is 0.538. The van der Waals surface area contributed by atoms with Gasteiger partial charge in [-0.3, -0.25) is 4.90 Å². The second-order valence-electron chi connectivity index (χ2n) is 4.22. The Balaban J connectivity index is 1.93. The molecule has 2 rings (SSSR count). The Morgan fingerprint density at radius 2 is 2.12 bits per heavy atom. The minimum absolute atomic E-state index is 0.188. The summed E-state index contributed by atoms with van der Waals surface area (Å²) in [5.41, 5.74) is 1.36. The molecule has 0 aliphatic carbocycles. The second-order valence-corrected chi connectivity index (χ2v) is 4.53. The van der Waals surface area contributed by atoms with E-state index in [2.05, 4.69) is 35.2 Å². The van der Waals surface area contributed by atoms with Gasteiger partial charge in [0.25, 0.3) is 0 Å². The van der Waals surface area contributed by atoms with Crippen molar-refractivity contribution in [1.82, 2.24) is 4.90 Å². The van der Waals surface area contributed by atoms with Gasteiger partial charge in [-0.25, -0.2) is 0 Å². The van der Waals surface area contributed by atoms with Gasteiger partial charge in [0.2, 0.25) is 0 Å². The van der Waals surface area contributed by atoms with Crippen molar-refractivity contribution in [3.05, 3.63) is 35.9 Å². The molecule has 1 fully saturated rings. The molecule has 1 aliphatic heterocycles. The Morgan fingerprint density at radius 1 is 1.31 bits per heavy atom. The summed E-state index contributed by atoms with van der Waals surface area (Å²) < 4.78 is 5.65. The normalized spacial score (nSPS) is 22.9. The molecule has 3 heteroatoms. The summed E-state index contributed by atoms with van der Waals surface area (Å²) in [7, 11) is 0. The first kappa shape index (κ1) is 11.9. The van der Waals surface area contributed by atoms with Crippen LogP contribution < -0.4 is 0 Å². The van der Waals surface area contributed by atoms with Crippen molar-refractivity contribution in [2.24, 2.45) is 0 Å². The average molecular weight is 240 g/mol. The highest BCUT2D eigenvalue weighted by atomic mass is 35.5. The highest BCUT2D eigenvalue weighted by Gasteiger charge is 2.17. The van der Waals surface area contributed by atoms with Crippen LogP contribution in [0.1, 0.15) is 12.0 Å². The standard InChI is InChI=1S/C13H18ClNO/c14-9-13-11-15(7-4-8-16-13)10-12-5-2-1-3-6-12/h1-3,5-6,13H,4,7-11H2. The first-order chi connectivity index (χ1) is 7.88. The number of nitrogens with zero attached hydrogens (tertiary/aromatic N) is 1. The van der Waals surface area contributed by atoms with Crippen LogP contribution in [-0.4, -0.2) is 36.6 Å². The molecule has 1 saturated heterocycles. The van der Waals surface area contributed by atoms with Crippen LogP contribution in [-0.2, 0) is 11.3 Å². The Bertz CT molecular complexity index is 304. The summed E-state index contributed by atoms with van der Waals surface area (Å²) in [6.45, 7) is 3.88. The van der Waals surface area contributed by atoms with E-state index in [1.54, 1.807) is 0 Å². The third-order valence-electron chi connectivity index (χ3n) is 2.86. The lowest BCUT2D eigenvalue weighted by Gasteiger charge is -2.22.